The molecule has 0 fully saturated rings. The first-order valence-corrected chi connectivity index (χ1v) is 19.2. The highest BCUT2D eigenvalue weighted by Crippen LogP contribution is 2.39. The molecule has 0 aliphatic rings. The van der Waals surface area contributed by atoms with Gasteiger partial charge in [-0.1, -0.05) is 44.0 Å². The monoisotopic (exact) mass is 894 g/mol. The molecule has 12 heteroatoms. The van der Waals surface area contributed by atoms with E-state index in [1.807, 2.05) is 50.2 Å². The number of amides is 2. The standard InChI is InChI=1S/2C22H26BrNO4/c2*1-13-7-17(11-18(23)15(13)3)14(2)8-21(25)24-12-16-9-19(26-4)22(28-6)20(10-16)27-5/h2*7-11H,12H2,1-6H3,(H,24,25)/b14-8+;14-8-. The zero-order valence-corrected chi connectivity index (χ0v) is 37.4. The van der Waals surface area contributed by atoms with Crippen molar-refractivity contribution in [2.75, 3.05) is 42.7 Å². The van der Waals surface area contributed by atoms with Crippen molar-refractivity contribution in [1.29, 1.82) is 0 Å². The second-order valence-corrected chi connectivity index (χ2v) is 14.7. The highest BCUT2D eigenvalue weighted by atomic mass is 79.9. The summed E-state index contributed by atoms with van der Waals surface area (Å²) in [4.78, 5) is 24.8. The van der Waals surface area contributed by atoms with Crippen LogP contribution in [0, 0.1) is 27.7 Å². The minimum Gasteiger partial charge on any atom is -0.493 e. The van der Waals surface area contributed by atoms with Crippen molar-refractivity contribution in [1.82, 2.24) is 10.6 Å². The summed E-state index contributed by atoms with van der Waals surface area (Å²) in [6.45, 7) is 12.8. The number of hydrogen-bond acceptors (Lipinski definition) is 8. The highest BCUT2D eigenvalue weighted by Gasteiger charge is 2.15. The van der Waals surface area contributed by atoms with Crippen LogP contribution in [0.3, 0.4) is 0 Å². The van der Waals surface area contributed by atoms with E-state index in [9.17, 15) is 9.59 Å². The van der Waals surface area contributed by atoms with Crippen molar-refractivity contribution in [2.24, 2.45) is 0 Å². The van der Waals surface area contributed by atoms with Crippen LogP contribution in [0.1, 0.15) is 58.4 Å². The Morgan fingerprint density at radius 3 is 1.07 bits per heavy atom. The summed E-state index contributed by atoms with van der Waals surface area (Å²) in [6.07, 6.45) is 3.21. The van der Waals surface area contributed by atoms with Gasteiger partial charge in [0, 0.05) is 34.2 Å². The Balaban J connectivity index is 0.000000300. The van der Waals surface area contributed by atoms with E-state index < -0.39 is 0 Å². The molecular weight excluding hydrogens is 844 g/mol. The molecule has 4 rings (SSSR count). The first-order chi connectivity index (χ1) is 26.6. The Hall–Kier alpha value is -4.94. The van der Waals surface area contributed by atoms with Crippen LogP contribution in [0.5, 0.6) is 34.5 Å². The van der Waals surface area contributed by atoms with E-state index in [4.69, 9.17) is 28.4 Å². The fourth-order valence-corrected chi connectivity index (χ4v) is 6.72. The SMILES string of the molecule is COc1cc(CNC(=O)/C=C(/C)c2cc(C)c(C)c(Br)c2)cc(OC)c1OC.COc1cc(CNC(=O)/C=C(\C)c2cc(C)c(C)c(Br)c2)cc(OC)c1OC. The van der Waals surface area contributed by atoms with E-state index in [0.29, 0.717) is 47.6 Å². The molecule has 2 N–H and O–H groups in total. The van der Waals surface area contributed by atoms with Crippen LogP contribution in [0.25, 0.3) is 11.1 Å². The van der Waals surface area contributed by atoms with E-state index in [0.717, 1.165) is 42.3 Å². The van der Waals surface area contributed by atoms with Gasteiger partial charge in [-0.15, -0.1) is 0 Å². The van der Waals surface area contributed by atoms with Crippen molar-refractivity contribution in [2.45, 2.75) is 54.6 Å². The maximum absolute atomic E-state index is 12.4. The molecule has 4 aromatic carbocycles. The number of rotatable bonds is 14. The first kappa shape index (κ1) is 45.4. The zero-order valence-electron chi connectivity index (χ0n) is 34.2. The lowest BCUT2D eigenvalue weighted by molar-refractivity contribution is -0.117. The number of carbonyl (C=O) groups excluding carboxylic acids is 2. The van der Waals surface area contributed by atoms with Gasteiger partial charge in [-0.05, 0) is 134 Å². The van der Waals surface area contributed by atoms with Gasteiger partial charge in [0.2, 0.25) is 23.3 Å². The molecule has 10 nitrogen and oxygen atoms in total. The number of carbonyl (C=O) groups is 2. The molecule has 0 atom stereocenters. The maximum atomic E-state index is 12.4. The number of benzene rings is 4. The minimum atomic E-state index is -0.166. The van der Waals surface area contributed by atoms with Gasteiger partial charge in [0.05, 0.1) is 42.7 Å². The Kier molecular flexibility index (Phi) is 17.4. The van der Waals surface area contributed by atoms with Crippen LogP contribution in [0.4, 0.5) is 0 Å². The van der Waals surface area contributed by atoms with Gasteiger partial charge >= 0.3 is 0 Å². The van der Waals surface area contributed by atoms with Crippen molar-refractivity contribution in [3.8, 4) is 34.5 Å². The molecule has 0 unspecified atom stereocenters. The summed E-state index contributed by atoms with van der Waals surface area (Å²) >= 11 is 7.14. The van der Waals surface area contributed by atoms with Gasteiger partial charge in [0.15, 0.2) is 23.0 Å². The molecule has 0 heterocycles. The predicted molar refractivity (Wildman–Crippen MR) is 230 cm³/mol. The van der Waals surface area contributed by atoms with Crippen LogP contribution >= 0.6 is 31.9 Å². The van der Waals surface area contributed by atoms with Crippen LogP contribution < -0.4 is 39.1 Å². The highest BCUT2D eigenvalue weighted by molar-refractivity contribution is 9.10. The second kappa shape index (κ2) is 21.4. The molecule has 0 aliphatic heterocycles. The number of hydrogen-bond donors (Lipinski definition) is 2. The van der Waals surface area contributed by atoms with Crippen molar-refractivity contribution >= 4 is 54.8 Å². The lowest BCUT2D eigenvalue weighted by atomic mass is 10.0. The zero-order chi connectivity index (χ0) is 41.7. The number of aryl methyl sites for hydroxylation is 2. The third kappa shape index (κ3) is 12.0. The molecule has 2 amide bonds. The van der Waals surface area contributed by atoms with E-state index in [1.54, 1.807) is 54.8 Å². The summed E-state index contributed by atoms with van der Waals surface area (Å²) < 4.78 is 34.1. The molecular formula is C44H52Br2N2O8. The van der Waals surface area contributed by atoms with E-state index >= 15 is 0 Å². The Bertz CT molecular complexity index is 1860. The summed E-state index contributed by atoms with van der Waals surface area (Å²) in [5.41, 5.74) is 10.3. The van der Waals surface area contributed by atoms with Crippen LogP contribution in [-0.2, 0) is 22.7 Å². The molecule has 0 radical (unpaired) electrons. The summed E-state index contributed by atoms with van der Waals surface area (Å²) in [6, 6.07) is 15.5. The average molecular weight is 897 g/mol. The lowest BCUT2D eigenvalue weighted by Gasteiger charge is -2.14. The van der Waals surface area contributed by atoms with Gasteiger partial charge < -0.3 is 39.1 Å². The summed E-state index contributed by atoms with van der Waals surface area (Å²) in [7, 11) is 9.36. The number of allylic oxidation sites excluding steroid dienone is 2. The number of methoxy groups -OCH3 is 6. The fourth-order valence-electron chi connectivity index (χ4n) is 5.60. The molecule has 0 bridgehead atoms. The van der Waals surface area contributed by atoms with E-state index in [1.165, 1.54) is 22.3 Å². The first-order valence-electron chi connectivity index (χ1n) is 17.6. The minimum absolute atomic E-state index is 0.166. The largest absolute Gasteiger partial charge is 0.493 e. The van der Waals surface area contributed by atoms with E-state index in [2.05, 4.69) is 82.3 Å². The normalized spacial score (nSPS) is 11.2. The average Bonchev–Trinajstić information content (AvgIpc) is 3.18. The number of nitrogens with one attached hydrogen (secondary N) is 2. The van der Waals surface area contributed by atoms with Gasteiger partial charge in [0.1, 0.15) is 0 Å². The fraction of sp³-hybridized carbons (Fsp3) is 0.318. The number of ether oxygens (including phenoxy) is 6. The van der Waals surface area contributed by atoms with Crippen molar-refractivity contribution in [3.05, 3.63) is 114 Å². The van der Waals surface area contributed by atoms with Crippen LogP contribution in [0.2, 0.25) is 0 Å². The lowest BCUT2D eigenvalue weighted by Crippen LogP contribution is -2.20. The van der Waals surface area contributed by atoms with Gasteiger partial charge in [0.25, 0.3) is 0 Å². The molecule has 0 spiro atoms. The Morgan fingerprint density at radius 1 is 0.518 bits per heavy atom. The smallest absolute Gasteiger partial charge is 0.244 e. The van der Waals surface area contributed by atoms with Crippen molar-refractivity contribution in [3.63, 3.8) is 0 Å². The molecule has 0 saturated heterocycles. The van der Waals surface area contributed by atoms with Crippen molar-refractivity contribution < 1.29 is 38.0 Å². The van der Waals surface area contributed by atoms with Gasteiger partial charge in [-0.3, -0.25) is 9.59 Å². The summed E-state index contributed by atoms with van der Waals surface area (Å²) in [5, 5.41) is 5.80. The third-order valence-electron chi connectivity index (χ3n) is 9.20. The molecule has 0 saturated carbocycles. The second-order valence-electron chi connectivity index (χ2n) is 13.0. The number of halogens is 2. The van der Waals surface area contributed by atoms with Gasteiger partial charge in [-0.25, -0.2) is 0 Å². The maximum Gasteiger partial charge on any atom is 0.244 e. The summed E-state index contributed by atoms with van der Waals surface area (Å²) in [5.74, 6) is 2.93. The quantitative estimate of drug-likeness (QED) is 0.120. The van der Waals surface area contributed by atoms with E-state index in [-0.39, 0.29) is 11.8 Å². The molecule has 0 aromatic heterocycles. The van der Waals surface area contributed by atoms with Crippen LogP contribution in [0.15, 0.2) is 69.6 Å². The Labute approximate surface area is 347 Å². The molecule has 300 valence electrons. The third-order valence-corrected chi connectivity index (χ3v) is 10.8. The Morgan fingerprint density at radius 2 is 0.821 bits per heavy atom. The molecule has 0 aliphatic carbocycles. The van der Waals surface area contributed by atoms with Gasteiger partial charge in [-0.2, -0.15) is 0 Å². The van der Waals surface area contributed by atoms with Crippen LogP contribution in [-0.4, -0.2) is 54.5 Å². The predicted octanol–water partition coefficient (Wildman–Crippen LogP) is 9.62. The molecule has 56 heavy (non-hydrogen) atoms. The molecule has 4 aromatic rings. The topological polar surface area (TPSA) is 114 Å².